The van der Waals surface area contributed by atoms with Crippen molar-refractivity contribution >= 4 is 5.91 Å². The Bertz CT molecular complexity index is 474. The minimum atomic E-state index is -0.115. The van der Waals surface area contributed by atoms with Gasteiger partial charge in [-0.05, 0) is 25.0 Å². The van der Waals surface area contributed by atoms with E-state index in [-0.39, 0.29) is 12.5 Å². The fourth-order valence-corrected chi connectivity index (χ4v) is 1.67. The Kier molecular flexibility index (Phi) is 8.13. The number of methoxy groups -OCH3 is 1. The number of benzene rings is 1. The van der Waals surface area contributed by atoms with E-state index in [1.165, 1.54) is 0 Å². The van der Waals surface area contributed by atoms with Gasteiger partial charge in [-0.1, -0.05) is 24.0 Å². The molecule has 0 unspecified atom stereocenters. The Labute approximate surface area is 120 Å². The topological polar surface area (TPSA) is 58.6 Å². The molecule has 108 valence electrons. The monoisotopic (exact) mass is 275 g/mol. The molecule has 0 spiro atoms. The third kappa shape index (κ3) is 5.87. The van der Waals surface area contributed by atoms with E-state index < -0.39 is 0 Å². The zero-order valence-electron chi connectivity index (χ0n) is 11.8. The van der Waals surface area contributed by atoms with Crippen molar-refractivity contribution in [3.05, 3.63) is 35.4 Å². The fraction of sp³-hybridized carbons (Fsp3) is 0.438. The third-order valence-corrected chi connectivity index (χ3v) is 2.69. The van der Waals surface area contributed by atoms with E-state index >= 15 is 0 Å². The first kappa shape index (κ1) is 16.2. The van der Waals surface area contributed by atoms with Gasteiger partial charge in [-0.3, -0.25) is 4.79 Å². The van der Waals surface area contributed by atoms with E-state index in [4.69, 9.17) is 9.84 Å². The number of rotatable bonds is 7. The minimum absolute atomic E-state index is 0.0286. The highest BCUT2D eigenvalue weighted by atomic mass is 16.5. The predicted octanol–water partition coefficient (Wildman–Crippen LogP) is 1.58. The van der Waals surface area contributed by atoms with Crippen molar-refractivity contribution in [3.8, 4) is 11.8 Å². The van der Waals surface area contributed by atoms with Gasteiger partial charge in [0.2, 0.25) is 0 Å². The van der Waals surface area contributed by atoms with Gasteiger partial charge in [-0.2, -0.15) is 0 Å². The van der Waals surface area contributed by atoms with Gasteiger partial charge in [0.25, 0.3) is 5.91 Å². The van der Waals surface area contributed by atoms with Gasteiger partial charge < -0.3 is 15.2 Å². The summed E-state index contributed by atoms with van der Waals surface area (Å²) in [6.45, 7) is 1.36. The Hall–Kier alpha value is -1.83. The van der Waals surface area contributed by atoms with Gasteiger partial charge in [0.15, 0.2) is 0 Å². The summed E-state index contributed by atoms with van der Waals surface area (Å²) in [5, 5.41) is 11.6. The molecule has 1 amide bonds. The van der Waals surface area contributed by atoms with Crippen LogP contribution in [0, 0.1) is 11.8 Å². The minimum Gasteiger partial charge on any atom is -0.395 e. The summed E-state index contributed by atoms with van der Waals surface area (Å²) in [5.41, 5.74) is 1.26. The van der Waals surface area contributed by atoms with E-state index in [0.717, 1.165) is 12.8 Å². The molecule has 0 aliphatic heterocycles. The lowest BCUT2D eigenvalue weighted by Crippen LogP contribution is -2.25. The second-order valence-corrected chi connectivity index (χ2v) is 4.28. The number of unbranched alkanes of at least 4 members (excludes halogenated alkanes) is 1. The Morgan fingerprint density at radius 2 is 2.15 bits per heavy atom. The maximum absolute atomic E-state index is 12.1. The van der Waals surface area contributed by atoms with Gasteiger partial charge in [-0.25, -0.2) is 0 Å². The highest BCUT2D eigenvalue weighted by Crippen LogP contribution is 2.07. The van der Waals surface area contributed by atoms with Gasteiger partial charge in [0, 0.05) is 32.2 Å². The molecule has 1 rings (SSSR count). The average Bonchev–Trinajstić information content (AvgIpc) is 2.47. The number of nitrogens with one attached hydrogen (secondary N) is 1. The number of aliphatic hydroxyl groups excluding tert-OH is 1. The summed E-state index contributed by atoms with van der Waals surface area (Å²) in [4.78, 5) is 12.1. The molecule has 0 heterocycles. The molecule has 0 saturated carbocycles. The lowest BCUT2D eigenvalue weighted by atomic mass is 10.1. The van der Waals surface area contributed by atoms with Crippen LogP contribution in [0.4, 0.5) is 0 Å². The molecule has 1 aromatic rings. The molecular weight excluding hydrogens is 254 g/mol. The molecule has 0 bridgehead atoms. The summed E-state index contributed by atoms with van der Waals surface area (Å²) in [6, 6.07) is 7.23. The molecule has 0 aliphatic rings. The van der Waals surface area contributed by atoms with Gasteiger partial charge in [-0.15, -0.1) is 0 Å². The van der Waals surface area contributed by atoms with Gasteiger partial charge >= 0.3 is 0 Å². The Morgan fingerprint density at radius 1 is 1.35 bits per heavy atom. The first-order valence-electron chi connectivity index (χ1n) is 6.75. The Morgan fingerprint density at radius 3 is 2.90 bits per heavy atom. The molecule has 0 aromatic heterocycles. The van der Waals surface area contributed by atoms with Crippen LogP contribution in [0.1, 0.15) is 35.2 Å². The first-order chi connectivity index (χ1) is 9.79. The van der Waals surface area contributed by atoms with Crippen molar-refractivity contribution in [2.45, 2.75) is 19.3 Å². The van der Waals surface area contributed by atoms with Gasteiger partial charge in [0.05, 0.1) is 12.2 Å². The van der Waals surface area contributed by atoms with E-state index in [1.807, 2.05) is 18.2 Å². The lowest BCUT2D eigenvalue weighted by molar-refractivity contribution is 0.0951. The number of carbonyl (C=O) groups excluding carboxylic acids is 1. The van der Waals surface area contributed by atoms with E-state index in [2.05, 4.69) is 17.2 Å². The molecule has 0 fully saturated rings. The lowest BCUT2D eigenvalue weighted by Gasteiger charge is -2.06. The van der Waals surface area contributed by atoms with Crippen LogP contribution < -0.4 is 5.32 Å². The normalized spacial score (nSPS) is 9.70. The number of carbonyl (C=O) groups is 1. The van der Waals surface area contributed by atoms with Crippen LogP contribution in [-0.2, 0) is 4.74 Å². The summed E-state index contributed by atoms with van der Waals surface area (Å²) in [5.74, 6) is 5.63. The molecule has 0 atom stereocenters. The van der Waals surface area contributed by atoms with Crippen LogP contribution in [0.5, 0.6) is 0 Å². The highest BCUT2D eigenvalue weighted by Gasteiger charge is 2.08. The summed E-state index contributed by atoms with van der Waals surface area (Å²) in [6.07, 6.45) is 2.22. The summed E-state index contributed by atoms with van der Waals surface area (Å²) < 4.78 is 4.96. The number of hydrogen-bond donors (Lipinski definition) is 2. The molecule has 4 nitrogen and oxygen atoms in total. The maximum atomic E-state index is 12.1. The SMILES string of the molecule is COCCCCNC(=O)c1ccccc1C#CCCO. The quantitative estimate of drug-likeness (QED) is 0.587. The number of amides is 1. The van der Waals surface area contributed by atoms with Crippen LogP contribution in [0.15, 0.2) is 24.3 Å². The standard InChI is InChI=1S/C16H21NO3/c1-20-13-7-5-11-17-16(19)15-10-3-2-8-14(15)9-4-6-12-18/h2-3,8,10,18H,5-7,11-13H2,1H3,(H,17,19). The second-order valence-electron chi connectivity index (χ2n) is 4.28. The first-order valence-corrected chi connectivity index (χ1v) is 6.75. The van der Waals surface area contributed by atoms with E-state index in [1.54, 1.807) is 13.2 Å². The maximum Gasteiger partial charge on any atom is 0.252 e. The van der Waals surface area contributed by atoms with Crippen molar-refractivity contribution < 1.29 is 14.6 Å². The molecule has 0 saturated heterocycles. The zero-order valence-corrected chi connectivity index (χ0v) is 11.8. The fourth-order valence-electron chi connectivity index (χ4n) is 1.67. The molecular formula is C16H21NO3. The van der Waals surface area contributed by atoms with Crippen LogP contribution in [0.3, 0.4) is 0 Å². The molecule has 4 heteroatoms. The smallest absolute Gasteiger partial charge is 0.252 e. The number of hydrogen-bond acceptors (Lipinski definition) is 3. The van der Waals surface area contributed by atoms with Crippen LogP contribution in [-0.4, -0.2) is 37.9 Å². The highest BCUT2D eigenvalue weighted by molar-refractivity contribution is 5.96. The number of aliphatic hydroxyl groups is 1. The van der Waals surface area contributed by atoms with Crippen molar-refractivity contribution in [2.75, 3.05) is 26.9 Å². The van der Waals surface area contributed by atoms with Crippen molar-refractivity contribution in [1.29, 1.82) is 0 Å². The van der Waals surface area contributed by atoms with Crippen molar-refractivity contribution in [1.82, 2.24) is 5.32 Å². The Balaban J connectivity index is 2.57. The summed E-state index contributed by atoms with van der Waals surface area (Å²) >= 11 is 0. The predicted molar refractivity (Wildman–Crippen MR) is 78.5 cm³/mol. The molecule has 0 aliphatic carbocycles. The summed E-state index contributed by atoms with van der Waals surface area (Å²) in [7, 11) is 1.67. The second kappa shape index (κ2) is 10.0. The average molecular weight is 275 g/mol. The molecule has 20 heavy (non-hydrogen) atoms. The third-order valence-electron chi connectivity index (χ3n) is 2.69. The largest absolute Gasteiger partial charge is 0.395 e. The molecule has 1 aromatic carbocycles. The van der Waals surface area contributed by atoms with Gasteiger partial charge in [0.1, 0.15) is 0 Å². The van der Waals surface area contributed by atoms with Crippen molar-refractivity contribution in [2.24, 2.45) is 0 Å². The van der Waals surface area contributed by atoms with Crippen molar-refractivity contribution in [3.63, 3.8) is 0 Å². The van der Waals surface area contributed by atoms with Crippen LogP contribution in [0.25, 0.3) is 0 Å². The van der Waals surface area contributed by atoms with Crippen LogP contribution in [0.2, 0.25) is 0 Å². The zero-order chi connectivity index (χ0) is 14.6. The number of ether oxygens (including phenoxy) is 1. The van der Waals surface area contributed by atoms with E-state index in [0.29, 0.717) is 30.7 Å². The molecule has 2 N–H and O–H groups in total. The van der Waals surface area contributed by atoms with Crippen LogP contribution >= 0.6 is 0 Å². The molecule has 0 radical (unpaired) electrons. The van der Waals surface area contributed by atoms with E-state index in [9.17, 15) is 4.79 Å².